The molecule has 2 aliphatic carbocycles. The summed E-state index contributed by atoms with van der Waals surface area (Å²) in [5, 5.41) is 4.90. The van der Waals surface area contributed by atoms with Crippen molar-refractivity contribution in [2.24, 2.45) is 0 Å². The van der Waals surface area contributed by atoms with Crippen LogP contribution in [0, 0.1) is 0 Å². The number of para-hydroxylation sites is 3. The molecule has 0 radical (unpaired) electrons. The summed E-state index contributed by atoms with van der Waals surface area (Å²) in [6.45, 7) is 0. The SMILES string of the molecule is c1ccc(-c2ccc(-n3c4ccccc4c4ccc(N(c5ccc6c7ccccc7n(-c7ccccc7)c6c5)c5cccc6c5-c5ccccc5C65c6ccccc6-c6ccccc65)cc43)cc2)cc1. The summed E-state index contributed by atoms with van der Waals surface area (Å²) in [7, 11) is 0. The number of anilines is 3. The van der Waals surface area contributed by atoms with Crippen LogP contribution in [0.15, 0.2) is 261 Å². The maximum atomic E-state index is 2.54. The van der Waals surface area contributed by atoms with Crippen LogP contribution in [0.5, 0.6) is 0 Å². The van der Waals surface area contributed by atoms with E-state index in [4.69, 9.17) is 0 Å². The van der Waals surface area contributed by atoms with Crippen molar-refractivity contribution in [2.75, 3.05) is 4.90 Å². The van der Waals surface area contributed by atoms with Gasteiger partial charge >= 0.3 is 0 Å². The zero-order chi connectivity index (χ0) is 45.9. The minimum Gasteiger partial charge on any atom is -0.310 e. The molecule has 13 aromatic rings. The molecule has 11 aromatic carbocycles. The molecule has 3 heteroatoms. The Morgan fingerprint density at radius 2 is 0.714 bits per heavy atom. The van der Waals surface area contributed by atoms with Crippen LogP contribution in [0.3, 0.4) is 0 Å². The lowest BCUT2D eigenvalue weighted by Gasteiger charge is -2.32. The van der Waals surface area contributed by atoms with Gasteiger partial charge < -0.3 is 14.0 Å². The van der Waals surface area contributed by atoms with Crippen LogP contribution in [-0.2, 0) is 5.41 Å². The molecule has 2 heterocycles. The van der Waals surface area contributed by atoms with E-state index in [0.29, 0.717) is 0 Å². The van der Waals surface area contributed by atoms with E-state index < -0.39 is 5.41 Å². The molecule has 1 spiro atoms. The van der Waals surface area contributed by atoms with Gasteiger partial charge in [0.25, 0.3) is 0 Å². The standard InChI is InChI=1S/C67H43N3/c1-3-18-44(19-4-1)45-34-36-47(37-35-45)70-62-32-16-11-25-53(62)55-41-39-49(43-65(55)70)68(48-38-40-54-52-24-10-15-31-61(52)69(64(54)42-48)46-20-5-2-6-21-46)63-33-17-30-60-66(63)56-26-9-14-29-59(56)67(60)57-27-12-7-22-50(57)51-23-8-13-28-58(51)67/h1-43H. The molecule has 2 aliphatic rings. The number of aromatic nitrogens is 2. The summed E-state index contributed by atoms with van der Waals surface area (Å²) in [4.78, 5) is 2.54. The van der Waals surface area contributed by atoms with E-state index in [-0.39, 0.29) is 0 Å². The Kier molecular flexibility index (Phi) is 8.28. The summed E-state index contributed by atoms with van der Waals surface area (Å²) < 4.78 is 4.88. The van der Waals surface area contributed by atoms with Crippen molar-refractivity contribution in [1.29, 1.82) is 0 Å². The first-order valence-corrected chi connectivity index (χ1v) is 24.3. The highest BCUT2D eigenvalue weighted by atomic mass is 15.2. The van der Waals surface area contributed by atoms with Crippen molar-refractivity contribution in [3.05, 3.63) is 283 Å². The molecule has 3 nitrogen and oxygen atoms in total. The second-order valence-electron chi connectivity index (χ2n) is 18.8. The third kappa shape index (κ3) is 5.34. The third-order valence-corrected chi connectivity index (χ3v) is 15.3. The van der Waals surface area contributed by atoms with Crippen LogP contribution >= 0.6 is 0 Å². The van der Waals surface area contributed by atoms with Gasteiger partial charge in [-0.1, -0.05) is 194 Å². The van der Waals surface area contributed by atoms with Crippen LogP contribution in [0.2, 0.25) is 0 Å². The van der Waals surface area contributed by atoms with Crippen LogP contribution in [0.25, 0.3) is 88.4 Å². The quantitative estimate of drug-likeness (QED) is 0.162. The van der Waals surface area contributed by atoms with Crippen LogP contribution in [0.1, 0.15) is 22.3 Å². The maximum Gasteiger partial charge on any atom is 0.0726 e. The molecule has 0 saturated carbocycles. The molecule has 15 rings (SSSR count). The summed E-state index contributed by atoms with van der Waals surface area (Å²) in [5.74, 6) is 0. The van der Waals surface area contributed by atoms with E-state index >= 15 is 0 Å². The normalized spacial score (nSPS) is 13.0. The highest BCUT2D eigenvalue weighted by Crippen LogP contribution is 2.64. The van der Waals surface area contributed by atoms with Crippen molar-refractivity contribution >= 4 is 60.7 Å². The second kappa shape index (κ2) is 14.9. The molecule has 0 aliphatic heterocycles. The van der Waals surface area contributed by atoms with E-state index in [0.717, 1.165) is 39.5 Å². The number of hydrogen-bond acceptors (Lipinski definition) is 1. The number of nitrogens with zero attached hydrogens (tertiary/aromatic N) is 3. The third-order valence-electron chi connectivity index (χ3n) is 15.3. The first-order valence-electron chi connectivity index (χ1n) is 24.3. The first kappa shape index (κ1) is 38.9. The van der Waals surface area contributed by atoms with Gasteiger partial charge in [0, 0.05) is 49.9 Å². The summed E-state index contributed by atoms with van der Waals surface area (Å²) in [6, 6.07) is 96.7. The maximum absolute atomic E-state index is 2.54. The first-order chi connectivity index (χ1) is 34.8. The molecule has 0 amide bonds. The van der Waals surface area contributed by atoms with Gasteiger partial charge in [-0.05, 0) is 117 Å². The number of rotatable bonds is 6. The Morgan fingerprint density at radius 1 is 0.286 bits per heavy atom. The Bertz CT molecular complexity index is 4190. The van der Waals surface area contributed by atoms with Crippen LogP contribution in [0.4, 0.5) is 17.1 Å². The van der Waals surface area contributed by atoms with Crippen molar-refractivity contribution < 1.29 is 0 Å². The molecule has 0 fully saturated rings. The van der Waals surface area contributed by atoms with Gasteiger partial charge in [0.15, 0.2) is 0 Å². The lowest BCUT2D eigenvalue weighted by molar-refractivity contribution is 0.794. The molecular weight excluding hydrogens is 847 g/mol. The molecular formula is C67H43N3. The average Bonchev–Trinajstić information content (AvgIpc) is 4.14. The van der Waals surface area contributed by atoms with Gasteiger partial charge in [-0.2, -0.15) is 0 Å². The Morgan fingerprint density at radius 3 is 1.30 bits per heavy atom. The fourth-order valence-electron chi connectivity index (χ4n) is 12.5. The summed E-state index contributed by atoms with van der Waals surface area (Å²) in [6.07, 6.45) is 0. The van der Waals surface area contributed by atoms with E-state index in [2.05, 4.69) is 275 Å². The van der Waals surface area contributed by atoms with Crippen LogP contribution in [-0.4, -0.2) is 9.13 Å². The number of fused-ring (bicyclic) bond motifs is 16. The van der Waals surface area contributed by atoms with E-state index in [1.54, 1.807) is 0 Å². The lowest BCUT2D eigenvalue weighted by Crippen LogP contribution is -2.26. The largest absolute Gasteiger partial charge is 0.310 e. The Balaban J connectivity index is 1.02. The van der Waals surface area contributed by atoms with Gasteiger partial charge in [-0.25, -0.2) is 0 Å². The monoisotopic (exact) mass is 889 g/mol. The molecule has 0 saturated heterocycles. The molecule has 0 N–H and O–H groups in total. The zero-order valence-electron chi connectivity index (χ0n) is 38.2. The Hall–Kier alpha value is -9.18. The minimum atomic E-state index is -0.479. The fourth-order valence-corrected chi connectivity index (χ4v) is 12.5. The second-order valence-corrected chi connectivity index (χ2v) is 18.8. The lowest BCUT2D eigenvalue weighted by atomic mass is 9.70. The van der Waals surface area contributed by atoms with Gasteiger partial charge in [0.1, 0.15) is 0 Å². The fraction of sp³-hybridized carbons (Fsp3) is 0.0149. The van der Waals surface area contributed by atoms with Gasteiger partial charge in [0.05, 0.1) is 33.2 Å². The van der Waals surface area contributed by atoms with Gasteiger partial charge in [-0.3, -0.25) is 0 Å². The minimum absolute atomic E-state index is 0.479. The van der Waals surface area contributed by atoms with E-state index in [9.17, 15) is 0 Å². The summed E-state index contributed by atoms with van der Waals surface area (Å²) >= 11 is 0. The van der Waals surface area contributed by atoms with E-state index in [1.807, 2.05) is 0 Å². The predicted octanol–water partition coefficient (Wildman–Crippen LogP) is 17.4. The Labute approximate surface area is 406 Å². The van der Waals surface area contributed by atoms with E-state index in [1.165, 1.54) is 88.2 Å². The molecule has 70 heavy (non-hydrogen) atoms. The molecule has 0 bridgehead atoms. The summed E-state index contributed by atoms with van der Waals surface area (Å²) in [5.41, 5.74) is 22.6. The van der Waals surface area contributed by atoms with Crippen molar-refractivity contribution in [1.82, 2.24) is 9.13 Å². The molecule has 326 valence electrons. The molecule has 0 atom stereocenters. The van der Waals surface area contributed by atoms with Gasteiger partial charge in [-0.15, -0.1) is 0 Å². The molecule has 2 aromatic heterocycles. The molecule has 0 unspecified atom stereocenters. The van der Waals surface area contributed by atoms with Crippen molar-refractivity contribution in [2.45, 2.75) is 5.41 Å². The number of benzene rings is 11. The topological polar surface area (TPSA) is 13.1 Å². The predicted molar refractivity (Wildman–Crippen MR) is 292 cm³/mol. The van der Waals surface area contributed by atoms with Crippen molar-refractivity contribution in [3.8, 4) is 44.8 Å². The number of hydrogen-bond donors (Lipinski definition) is 0. The van der Waals surface area contributed by atoms with Crippen molar-refractivity contribution in [3.63, 3.8) is 0 Å². The van der Waals surface area contributed by atoms with Gasteiger partial charge in [0.2, 0.25) is 0 Å². The van der Waals surface area contributed by atoms with Crippen LogP contribution < -0.4 is 4.90 Å². The highest BCUT2D eigenvalue weighted by Gasteiger charge is 2.52. The highest BCUT2D eigenvalue weighted by molar-refractivity contribution is 6.13. The smallest absolute Gasteiger partial charge is 0.0726 e. The average molecular weight is 890 g/mol. The zero-order valence-corrected chi connectivity index (χ0v) is 38.2.